The molecule has 4 N–H and O–H groups in total. The van der Waals surface area contributed by atoms with Gasteiger partial charge in [0.05, 0.1) is 16.4 Å². The minimum Gasteiger partial charge on any atom is -0.343 e. The van der Waals surface area contributed by atoms with Crippen LogP contribution in [-0.4, -0.2) is 54.2 Å². The van der Waals surface area contributed by atoms with Crippen molar-refractivity contribution in [2.24, 2.45) is 0 Å². The summed E-state index contributed by atoms with van der Waals surface area (Å²) in [5.74, 6) is -1.15. The Labute approximate surface area is 214 Å². The number of carbonyl (C=O) groups excluding carboxylic acids is 2. The molecule has 0 unspecified atom stereocenters. The highest BCUT2D eigenvalue weighted by molar-refractivity contribution is 7.89. The van der Waals surface area contributed by atoms with Gasteiger partial charge in [-0.15, -0.1) is 0 Å². The summed E-state index contributed by atoms with van der Waals surface area (Å²) in [7, 11) is -3.66. The highest BCUT2D eigenvalue weighted by Crippen LogP contribution is 2.18. The molecule has 0 aliphatic rings. The van der Waals surface area contributed by atoms with E-state index in [0.29, 0.717) is 31.6 Å². The molecule has 0 fully saturated rings. The van der Waals surface area contributed by atoms with E-state index in [0.717, 1.165) is 0 Å². The fraction of sp³-hybridized carbons (Fsp3) is 0.318. The second-order valence-corrected chi connectivity index (χ2v) is 9.89. The molecule has 2 aromatic carbocycles. The molecule has 2 amide bonds. The molecule has 0 aromatic heterocycles. The number of hydrazine groups is 1. The number of nitrogens with one attached hydrogen (secondary N) is 4. The molecule has 0 aliphatic heterocycles. The van der Waals surface area contributed by atoms with Crippen molar-refractivity contribution < 1.29 is 22.9 Å². The molecular formula is C22H28N6O6S2. The van der Waals surface area contributed by atoms with Crippen LogP contribution in [0.3, 0.4) is 0 Å². The third-order valence-electron chi connectivity index (χ3n) is 4.76. The first-order chi connectivity index (χ1) is 17.1. The second kappa shape index (κ2) is 13.5. The summed E-state index contributed by atoms with van der Waals surface area (Å²) in [5, 5.41) is 15.9. The number of non-ortho nitro benzene ring substituents is 1. The third-order valence-corrected chi connectivity index (χ3v) is 6.88. The van der Waals surface area contributed by atoms with Crippen LogP contribution >= 0.6 is 12.2 Å². The summed E-state index contributed by atoms with van der Waals surface area (Å²) >= 11 is 5.03. The minimum atomic E-state index is -3.66. The molecule has 0 saturated heterocycles. The Bertz CT molecular complexity index is 1180. The lowest BCUT2D eigenvalue weighted by atomic mass is 10.2. The van der Waals surface area contributed by atoms with Crippen molar-refractivity contribution in [3.05, 3.63) is 64.2 Å². The maximum Gasteiger partial charge on any atom is 0.269 e. The van der Waals surface area contributed by atoms with Gasteiger partial charge in [0.25, 0.3) is 17.5 Å². The number of thiocarbonyl (C=S) groups is 1. The lowest BCUT2D eigenvalue weighted by molar-refractivity contribution is -0.384. The van der Waals surface area contributed by atoms with E-state index >= 15 is 0 Å². The highest BCUT2D eigenvalue weighted by Gasteiger charge is 2.23. The van der Waals surface area contributed by atoms with Crippen molar-refractivity contribution in [1.82, 2.24) is 20.5 Å². The first-order valence-corrected chi connectivity index (χ1v) is 12.9. The number of carbonyl (C=O) groups is 2. The maximum absolute atomic E-state index is 12.8. The Balaban J connectivity index is 1.83. The molecule has 194 valence electrons. The monoisotopic (exact) mass is 536 g/mol. The fourth-order valence-corrected chi connectivity index (χ4v) is 4.83. The Kier molecular flexibility index (Phi) is 10.7. The smallest absolute Gasteiger partial charge is 0.269 e. The number of nitrogens with zero attached hydrogens (tertiary/aromatic N) is 2. The SMILES string of the molecule is CCCN(CCC)S(=O)(=O)c1ccc(C(=O)NCC(=O)NNC(=S)Nc2ccc([N+](=O)[O-])cc2)cc1. The molecule has 0 spiro atoms. The summed E-state index contributed by atoms with van der Waals surface area (Å²) in [6.07, 6.45) is 1.38. The molecule has 0 saturated carbocycles. The zero-order valence-electron chi connectivity index (χ0n) is 19.8. The summed E-state index contributed by atoms with van der Waals surface area (Å²) < 4.78 is 27.0. The molecule has 2 aromatic rings. The Morgan fingerprint density at radius 2 is 1.56 bits per heavy atom. The lowest BCUT2D eigenvalue weighted by Gasteiger charge is -2.21. The maximum atomic E-state index is 12.8. The Morgan fingerprint density at radius 3 is 2.08 bits per heavy atom. The average molecular weight is 537 g/mol. The van der Waals surface area contributed by atoms with E-state index in [1.165, 1.54) is 52.8 Å². The molecule has 36 heavy (non-hydrogen) atoms. The van der Waals surface area contributed by atoms with E-state index in [2.05, 4.69) is 21.5 Å². The molecule has 2 rings (SSSR count). The molecule has 0 aliphatic carbocycles. The molecule has 0 heterocycles. The Morgan fingerprint density at radius 1 is 0.972 bits per heavy atom. The number of amides is 2. The van der Waals surface area contributed by atoms with Crippen molar-refractivity contribution in [1.29, 1.82) is 0 Å². The minimum absolute atomic E-state index is 0.0283. The van der Waals surface area contributed by atoms with E-state index in [1.54, 1.807) is 0 Å². The summed E-state index contributed by atoms with van der Waals surface area (Å²) in [6, 6.07) is 11.0. The number of nitro groups is 1. The molecule has 14 heteroatoms. The summed E-state index contributed by atoms with van der Waals surface area (Å²) in [6.45, 7) is 4.26. The van der Waals surface area contributed by atoms with Crippen LogP contribution in [0.4, 0.5) is 11.4 Å². The number of hydrogen-bond donors (Lipinski definition) is 4. The van der Waals surface area contributed by atoms with Crippen molar-refractivity contribution >= 4 is 50.5 Å². The number of nitro benzene ring substituents is 1. The van der Waals surface area contributed by atoms with Crippen LogP contribution in [0.5, 0.6) is 0 Å². The quantitative estimate of drug-likeness (QED) is 0.191. The van der Waals surface area contributed by atoms with E-state index in [1.807, 2.05) is 13.8 Å². The van der Waals surface area contributed by atoms with E-state index < -0.39 is 26.8 Å². The molecule has 0 bridgehead atoms. The van der Waals surface area contributed by atoms with Gasteiger partial charge in [0.15, 0.2) is 5.11 Å². The zero-order valence-corrected chi connectivity index (χ0v) is 21.4. The van der Waals surface area contributed by atoms with Crippen LogP contribution in [-0.2, 0) is 14.8 Å². The molecular weight excluding hydrogens is 508 g/mol. The predicted molar refractivity (Wildman–Crippen MR) is 139 cm³/mol. The van der Waals surface area contributed by atoms with Gasteiger partial charge >= 0.3 is 0 Å². The summed E-state index contributed by atoms with van der Waals surface area (Å²) in [5.41, 5.74) is 5.35. The predicted octanol–water partition coefficient (Wildman–Crippen LogP) is 2.15. The number of sulfonamides is 1. The third kappa shape index (κ3) is 8.25. The van der Waals surface area contributed by atoms with Gasteiger partial charge in [0.1, 0.15) is 0 Å². The van der Waals surface area contributed by atoms with Crippen LogP contribution in [0, 0.1) is 10.1 Å². The van der Waals surface area contributed by atoms with Gasteiger partial charge in [-0.3, -0.25) is 30.6 Å². The number of hydrogen-bond acceptors (Lipinski definition) is 7. The molecule has 0 atom stereocenters. The van der Waals surface area contributed by atoms with Crippen molar-refractivity contribution in [2.75, 3.05) is 25.0 Å². The van der Waals surface area contributed by atoms with Gasteiger partial charge < -0.3 is 10.6 Å². The first-order valence-electron chi connectivity index (χ1n) is 11.1. The van der Waals surface area contributed by atoms with Crippen LogP contribution in [0.2, 0.25) is 0 Å². The second-order valence-electron chi connectivity index (χ2n) is 7.54. The number of anilines is 1. The largest absolute Gasteiger partial charge is 0.343 e. The van der Waals surface area contributed by atoms with Gasteiger partial charge in [0, 0.05) is 36.5 Å². The van der Waals surface area contributed by atoms with Crippen LogP contribution in [0.25, 0.3) is 0 Å². The van der Waals surface area contributed by atoms with Crippen LogP contribution in [0.15, 0.2) is 53.4 Å². The highest BCUT2D eigenvalue weighted by atomic mass is 32.2. The lowest BCUT2D eigenvalue weighted by Crippen LogP contribution is -2.47. The molecule has 12 nitrogen and oxygen atoms in total. The fourth-order valence-electron chi connectivity index (χ4n) is 3.04. The zero-order chi connectivity index (χ0) is 26.7. The van der Waals surface area contributed by atoms with Crippen molar-refractivity contribution in [3.63, 3.8) is 0 Å². The van der Waals surface area contributed by atoms with Crippen LogP contribution in [0.1, 0.15) is 37.0 Å². The van der Waals surface area contributed by atoms with E-state index in [9.17, 15) is 28.1 Å². The van der Waals surface area contributed by atoms with Crippen LogP contribution < -0.4 is 21.5 Å². The Hall–Kier alpha value is -3.62. The van der Waals surface area contributed by atoms with Crippen molar-refractivity contribution in [2.45, 2.75) is 31.6 Å². The number of rotatable bonds is 11. The van der Waals surface area contributed by atoms with Gasteiger partial charge in [-0.05, 0) is 61.5 Å². The van der Waals surface area contributed by atoms with Gasteiger partial charge in [-0.2, -0.15) is 4.31 Å². The normalized spacial score (nSPS) is 11.0. The van der Waals surface area contributed by atoms with E-state index in [-0.39, 0.29) is 27.8 Å². The van der Waals surface area contributed by atoms with Gasteiger partial charge in [-0.25, -0.2) is 8.42 Å². The standard InChI is InChI=1S/C22H28N6O6S2/c1-3-13-27(14-4-2)36(33,34)19-11-5-16(6-12-19)21(30)23-15-20(29)25-26-22(35)24-17-7-9-18(10-8-17)28(31)32/h5-12H,3-4,13-15H2,1-2H3,(H,23,30)(H,25,29)(H2,24,26,35). The van der Waals surface area contributed by atoms with Gasteiger partial charge in [0.2, 0.25) is 10.0 Å². The van der Waals surface area contributed by atoms with E-state index in [4.69, 9.17) is 12.2 Å². The number of benzene rings is 2. The van der Waals surface area contributed by atoms with Gasteiger partial charge in [-0.1, -0.05) is 13.8 Å². The first kappa shape index (κ1) is 28.6. The van der Waals surface area contributed by atoms with Crippen molar-refractivity contribution in [3.8, 4) is 0 Å². The summed E-state index contributed by atoms with van der Waals surface area (Å²) in [4.78, 5) is 34.6. The topological polar surface area (TPSA) is 163 Å². The molecule has 0 radical (unpaired) electrons. The average Bonchev–Trinajstić information content (AvgIpc) is 2.86.